The summed E-state index contributed by atoms with van der Waals surface area (Å²) in [5, 5.41) is 2.37. The first-order chi connectivity index (χ1) is 10.9. The number of aryl methyl sites for hydroxylation is 1. The van der Waals surface area contributed by atoms with Gasteiger partial charge in [-0.3, -0.25) is 14.4 Å². The Kier molecular flexibility index (Phi) is 7.59. The molecular formula is C16H22N2O5. The third-order valence-electron chi connectivity index (χ3n) is 2.96. The molecule has 0 saturated heterocycles. The van der Waals surface area contributed by atoms with Gasteiger partial charge in [-0.05, 0) is 18.6 Å². The maximum Gasteiger partial charge on any atom is 0.309 e. The van der Waals surface area contributed by atoms with Gasteiger partial charge in [-0.25, -0.2) is 0 Å². The predicted molar refractivity (Wildman–Crippen MR) is 84.0 cm³/mol. The van der Waals surface area contributed by atoms with E-state index in [-0.39, 0.29) is 25.5 Å². The van der Waals surface area contributed by atoms with E-state index in [4.69, 9.17) is 9.47 Å². The van der Waals surface area contributed by atoms with Crippen molar-refractivity contribution >= 4 is 17.8 Å². The maximum atomic E-state index is 11.5. The molecule has 0 aliphatic carbocycles. The van der Waals surface area contributed by atoms with Crippen molar-refractivity contribution in [2.45, 2.75) is 13.3 Å². The largest absolute Gasteiger partial charge is 0.493 e. The number of rotatable bonds is 8. The molecule has 0 heterocycles. The number of likely N-dealkylation sites (N-methyl/N-ethyl adjacent to an activating group) is 1. The normalized spacial score (nSPS) is 9.87. The molecule has 1 rings (SSSR count). The molecule has 7 nitrogen and oxygen atoms in total. The fourth-order valence-electron chi connectivity index (χ4n) is 1.56. The third-order valence-corrected chi connectivity index (χ3v) is 2.96. The van der Waals surface area contributed by atoms with Gasteiger partial charge < -0.3 is 19.7 Å². The zero-order valence-corrected chi connectivity index (χ0v) is 13.6. The molecule has 0 spiro atoms. The van der Waals surface area contributed by atoms with Crippen LogP contribution >= 0.6 is 0 Å². The number of hydrogen-bond acceptors (Lipinski definition) is 5. The lowest BCUT2D eigenvalue weighted by Gasteiger charge is -2.11. The van der Waals surface area contributed by atoms with Crippen LogP contribution in [0, 0.1) is 6.92 Å². The zero-order chi connectivity index (χ0) is 17.2. The van der Waals surface area contributed by atoms with E-state index < -0.39 is 18.5 Å². The average molecular weight is 322 g/mol. The summed E-state index contributed by atoms with van der Waals surface area (Å²) in [6.07, 6.45) is 0.0399. The second kappa shape index (κ2) is 9.45. The van der Waals surface area contributed by atoms with E-state index in [1.807, 2.05) is 31.2 Å². The molecule has 1 aromatic rings. The molecule has 0 atom stereocenters. The van der Waals surface area contributed by atoms with Crippen molar-refractivity contribution in [3.63, 3.8) is 0 Å². The van der Waals surface area contributed by atoms with Crippen molar-refractivity contribution in [3.05, 3.63) is 29.8 Å². The predicted octanol–water partition coefficient (Wildman–Crippen LogP) is 0.512. The molecule has 0 aromatic heterocycles. The summed E-state index contributed by atoms with van der Waals surface area (Å²) >= 11 is 0. The first-order valence-electron chi connectivity index (χ1n) is 7.21. The Labute approximate surface area is 135 Å². The highest BCUT2D eigenvalue weighted by Gasteiger charge is 2.10. The quantitative estimate of drug-likeness (QED) is 0.705. The van der Waals surface area contributed by atoms with Gasteiger partial charge in [-0.2, -0.15) is 0 Å². The van der Waals surface area contributed by atoms with Gasteiger partial charge in [0.05, 0.1) is 19.6 Å². The molecule has 1 N–H and O–H groups in total. The summed E-state index contributed by atoms with van der Waals surface area (Å²) in [6.45, 7) is 1.54. The fraction of sp³-hybridized carbons (Fsp3) is 0.438. The molecule has 126 valence electrons. The van der Waals surface area contributed by atoms with Crippen LogP contribution in [0.1, 0.15) is 12.0 Å². The van der Waals surface area contributed by atoms with Gasteiger partial charge in [-0.1, -0.05) is 18.2 Å². The molecule has 23 heavy (non-hydrogen) atoms. The molecule has 0 fully saturated rings. The first kappa shape index (κ1) is 18.5. The standard InChI is InChI=1S/C16H22N2O5/c1-12-6-4-5-7-13(12)22-9-8-16(21)23-11-14(19)17-10-15(20)18(2)3/h4-7H,8-11H2,1-3H3,(H,17,19). The van der Waals surface area contributed by atoms with Crippen molar-refractivity contribution in [1.29, 1.82) is 0 Å². The number of nitrogens with one attached hydrogen (secondary N) is 1. The van der Waals surface area contributed by atoms with E-state index >= 15 is 0 Å². The summed E-state index contributed by atoms with van der Waals surface area (Å²) in [4.78, 5) is 35.6. The number of amides is 2. The van der Waals surface area contributed by atoms with Gasteiger partial charge in [0.15, 0.2) is 6.61 Å². The fourth-order valence-corrected chi connectivity index (χ4v) is 1.56. The van der Waals surface area contributed by atoms with Crippen LogP contribution in [0.15, 0.2) is 24.3 Å². The monoisotopic (exact) mass is 322 g/mol. The van der Waals surface area contributed by atoms with Gasteiger partial charge >= 0.3 is 5.97 Å². The van der Waals surface area contributed by atoms with Crippen LogP contribution in [0.4, 0.5) is 0 Å². The van der Waals surface area contributed by atoms with Crippen LogP contribution in [0.2, 0.25) is 0 Å². The van der Waals surface area contributed by atoms with Gasteiger partial charge in [0.25, 0.3) is 5.91 Å². The molecule has 0 saturated carbocycles. The van der Waals surface area contributed by atoms with E-state index in [0.29, 0.717) is 5.75 Å². The number of ether oxygens (including phenoxy) is 2. The second-order valence-electron chi connectivity index (χ2n) is 5.09. The average Bonchev–Trinajstić information content (AvgIpc) is 2.52. The lowest BCUT2D eigenvalue weighted by Crippen LogP contribution is -2.38. The molecular weight excluding hydrogens is 300 g/mol. The highest BCUT2D eigenvalue weighted by atomic mass is 16.5. The summed E-state index contributed by atoms with van der Waals surface area (Å²) in [5.74, 6) is -0.586. The first-order valence-corrected chi connectivity index (χ1v) is 7.21. The molecule has 0 unspecified atom stereocenters. The Bertz CT molecular complexity index is 557. The zero-order valence-electron chi connectivity index (χ0n) is 13.6. The summed E-state index contributed by atoms with van der Waals surface area (Å²) < 4.78 is 10.3. The second-order valence-corrected chi connectivity index (χ2v) is 5.09. The molecule has 2 amide bonds. The van der Waals surface area contributed by atoms with Gasteiger partial charge in [-0.15, -0.1) is 0 Å². The number of benzene rings is 1. The smallest absolute Gasteiger partial charge is 0.309 e. The molecule has 0 aliphatic heterocycles. The Hall–Kier alpha value is -2.57. The van der Waals surface area contributed by atoms with Crippen LogP contribution in [-0.2, 0) is 19.1 Å². The highest BCUT2D eigenvalue weighted by molar-refractivity contribution is 5.86. The van der Waals surface area contributed by atoms with Crippen molar-refractivity contribution < 1.29 is 23.9 Å². The Morgan fingerprint density at radius 2 is 1.87 bits per heavy atom. The van der Waals surface area contributed by atoms with Gasteiger partial charge in [0.2, 0.25) is 5.91 Å². The number of carbonyl (C=O) groups excluding carboxylic acids is 3. The molecule has 0 aliphatic rings. The summed E-state index contributed by atoms with van der Waals surface area (Å²) in [6, 6.07) is 7.47. The third kappa shape index (κ3) is 7.30. The maximum absolute atomic E-state index is 11.5. The van der Waals surface area contributed by atoms with E-state index in [9.17, 15) is 14.4 Å². The van der Waals surface area contributed by atoms with E-state index in [2.05, 4.69) is 5.32 Å². The summed E-state index contributed by atoms with van der Waals surface area (Å²) in [7, 11) is 3.17. The Morgan fingerprint density at radius 3 is 2.52 bits per heavy atom. The van der Waals surface area contributed by atoms with Gasteiger partial charge in [0.1, 0.15) is 5.75 Å². The van der Waals surface area contributed by atoms with Gasteiger partial charge in [0, 0.05) is 14.1 Å². The van der Waals surface area contributed by atoms with Crippen molar-refractivity contribution in [3.8, 4) is 5.75 Å². The summed E-state index contributed by atoms with van der Waals surface area (Å²) in [5.41, 5.74) is 0.978. The SMILES string of the molecule is Cc1ccccc1OCCC(=O)OCC(=O)NCC(=O)N(C)C. The Morgan fingerprint density at radius 1 is 1.17 bits per heavy atom. The van der Waals surface area contributed by atoms with Crippen LogP contribution in [0.25, 0.3) is 0 Å². The molecule has 0 bridgehead atoms. The van der Waals surface area contributed by atoms with Crippen molar-refractivity contribution in [1.82, 2.24) is 10.2 Å². The van der Waals surface area contributed by atoms with Crippen molar-refractivity contribution in [2.24, 2.45) is 0 Å². The van der Waals surface area contributed by atoms with E-state index in [1.54, 1.807) is 14.1 Å². The van der Waals surface area contributed by atoms with Crippen LogP contribution in [0.5, 0.6) is 5.75 Å². The minimum atomic E-state index is -0.535. The van der Waals surface area contributed by atoms with E-state index in [1.165, 1.54) is 4.90 Å². The number of esters is 1. The lowest BCUT2D eigenvalue weighted by molar-refractivity contribution is -0.149. The van der Waals surface area contributed by atoms with Crippen LogP contribution in [-0.4, -0.2) is 56.5 Å². The van der Waals surface area contributed by atoms with Crippen molar-refractivity contribution in [2.75, 3.05) is 33.9 Å². The minimum absolute atomic E-state index is 0.0399. The van der Waals surface area contributed by atoms with E-state index in [0.717, 1.165) is 5.56 Å². The lowest BCUT2D eigenvalue weighted by atomic mass is 10.2. The number of carbonyl (C=O) groups is 3. The number of para-hydroxylation sites is 1. The topological polar surface area (TPSA) is 84.9 Å². The molecule has 7 heteroatoms. The number of nitrogens with zero attached hydrogens (tertiary/aromatic N) is 1. The Balaban J connectivity index is 2.18. The molecule has 1 aromatic carbocycles. The molecule has 0 radical (unpaired) electrons. The van der Waals surface area contributed by atoms with Crippen LogP contribution < -0.4 is 10.1 Å². The number of hydrogen-bond donors (Lipinski definition) is 1. The highest BCUT2D eigenvalue weighted by Crippen LogP contribution is 2.16. The van der Waals surface area contributed by atoms with Crippen LogP contribution in [0.3, 0.4) is 0 Å². The minimum Gasteiger partial charge on any atom is -0.493 e.